The van der Waals surface area contributed by atoms with Gasteiger partial charge in [-0.15, -0.1) is 0 Å². The Morgan fingerprint density at radius 1 is 0.333 bits per heavy atom. The first-order chi connectivity index (χ1) is 17.8. The van der Waals surface area contributed by atoms with Gasteiger partial charge in [0.05, 0.1) is 0 Å². The molecule has 0 fully saturated rings. The lowest BCUT2D eigenvalue weighted by Crippen LogP contribution is -2.61. The van der Waals surface area contributed by atoms with Crippen molar-refractivity contribution >= 4 is 46.2 Å². The summed E-state index contributed by atoms with van der Waals surface area (Å²) < 4.78 is 25.6. The van der Waals surface area contributed by atoms with Crippen LogP contribution in [0.1, 0.15) is 0 Å². The van der Waals surface area contributed by atoms with E-state index in [0.29, 0.717) is 0 Å². The van der Waals surface area contributed by atoms with Gasteiger partial charge in [-0.1, -0.05) is 54.6 Å². The Bertz CT molecular complexity index is 1650. The summed E-state index contributed by atoms with van der Waals surface area (Å²) in [7, 11) is 0. The SMILES string of the molecule is c1ccc2c(c1)Oc1cccc3c1B2c1cc2c(cc1O3)Oc1cccc3c1B2c1ccccc1O3. The van der Waals surface area contributed by atoms with Crippen LogP contribution >= 0.6 is 0 Å². The minimum atomic E-state index is 0.0157. The molecule has 0 aliphatic carbocycles. The first kappa shape index (κ1) is 18.7. The third-order valence-corrected chi connectivity index (χ3v) is 7.73. The van der Waals surface area contributed by atoms with Crippen molar-refractivity contribution in [2.75, 3.05) is 0 Å². The summed E-state index contributed by atoms with van der Waals surface area (Å²) in [6.45, 7) is 0.0313. The molecule has 0 amide bonds. The lowest BCUT2D eigenvalue weighted by Gasteiger charge is -2.36. The topological polar surface area (TPSA) is 36.9 Å². The van der Waals surface area contributed by atoms with Crippen molar-refractivity contribution in [3.8, 4) is 46.0 Å². The molecule has 36 heavy (non-hydrogen) atoms. The van der Waals surface area contributed by atoms with Crippen LogP contribution in [0.3, 0.4) is 0 Å². The quantitative estimate of drug-likeness (QED) is 0.325. The van der Waals surface area contributed by atoms with Gasteiger partial charge in [0.1, 0.15) is 46.0 Å². The largest absolute Gasteiger partial charge is 0.458 e. The summed E-state index contributed by atoms with van der Waals surface area (Å²) in [6.07, 6.45) is 0. The Hall–Kier alpha value is -4.57. The van der Waals surface area contributed by atoms with Crippen molar-refractivity contribution in [1.82, 2.24) is 0 Å². The van der Waals surface area contributed by atoms with Gasteiger partial charge >= 0.3 is 0 Å². The normalized spacial score (nSPS) is 14.3. The first-order valence-electron chi connectivity index (χ1n) is 12.2. The summed E-state index contributed by atoms with van der Waals surface area (Å²) in [5.41, 5.74) is 6.69. The fourth-order valence-corrected chi connectivity index (χ4v) is 6.25. The highest BCUT2D eigenvalue weighted by atomic mass is 16.5. The maximum atomic E-state index is 6.48. The van der Waals surface area contributed by atoms with Gasteiger partial charge in [0.2, 0.25) is 0 Å². The number of hydrogen-bond donors (Lipinski definition) is 0. The Kier molecular flexibility index (Phi) is 3.41. The van der Waals surface area contributed by atoms with Gasteiger partial charge in [-0.2, -0.15) is 0 Å². The van der Waals surface area contributed by atoms with E-state index in [9.17, 15) is 0 Å². The van der Waals surface area contributed by atoms with Crippen LogP contribution in [0.4, 0.5) is 0 Å². The third kappa shape index (κ3) is 2.31. The molecule has 0 unspecified atom stereocenters. The molecule has 0 atom stereocenters. The highest BCUT2D eigenvalue weighted by Crippen LogP contribution is 2.38. The van der Waals surface area contributed by atoms with Gasteiger partial charge in [0, 0.05) is 17.0 Å². The van der Waals surface area contributed by atoms with E-state index in [2.05, 4.69) is 36.4 Å². The number of ether oxygens (including phenoxy) is 4. The van der Waals surface area contributed by atoms with E-state index in [1.54, 1.807) is 0 Å². The highest BCUT2D eigenvalue weighted by Gasteiger charge is 2.44. The summed E-state index contributed by atoms with van der Waals surface area (Å²) in [4.78, 5) is 0. The predicted molar refractivity (Wildman–Crippen MR) is 142 cm³/mol. The maximum Gasteiger partial charge on any atom is 0.260 e. The number of fused-ring (bicyclic) bond motifs is 8. The molecule has 4 nitrogen and oxygen atoms in total. The average molecular weight is 462 g/mol. The van der Waals surface area contributed by atoms with Crippen LogP contribution in [0, 0.1) is 0 Å². The molecule has 4 aliphatic rings. The fourth-order valence-electron chi connectivity index (χ4n) is 6.25. The minimum absolute atomic E-state index is 0.0157. The lowest BCUT2D eigenvalue weighted by atomic mass is 9.31. The van der Waals surface area contributed by atoms with Gasteiger partial charge in [0.15, 0.2) is 0 Å². The standard InChI is InChI=1S/C30H16B2O4/c1-3-9-21-17(7-1)31-19-15-20-28(16-27(19)35-25-13-5-11-23(33-21)29(25)31)36-26-14-6-12-24-30(26)32(20)18-8-2-4-10-22(18)34-24/h1-16H. The monoisotopic (exact) mass is 462 g/mol. The van der Waals surface area contributed by atoms with Crippen molar-refractivity contribution in [1.29, 1.82) is 0 Å². The van der Waals surface area contributed by atoms with Crippen LogP contribution in [0.15, 0.2) is 97.1 Å². The van der Waals surface area contributed by atoms with Crippen molar-refractivity contribution in [3.05, 3.63) is 97.1 Å². The Labute approximate surface area is 208 Å². The van der Waals surface area contributed by atoms with Crippen molar-refractivity contribution in [2.45, 2.75) is 0 Å². The first-order valence-corrected chi connectivity index (χ1v) is 12.2. The van der Waals surface area contributed by atoms with E-state index in [4.69, 9.17) is 18.9 Å². The van der Waals surface area contributed by atoms with E-state index < -0.39 is 0 Å². The molecule has 0 spiro atoms. The Morgan fingerprint density at radius 2 is 0.722 bits per heavy atom. The molecule has 0 N–H and O–H groups in total. The third-order valence-electron chi connectivity index (χ3n) is 7.73. The molecule has 166 valence electrons. The Balaban J connectivity index is 1.33. The molecular formula is C30H16B2O4. The average Bonchev–Trinajstić information content (AvgIpc) is 2.92. The smallest absolute Gasteiger partial charge is 0.260 e. The molecule has 5 aromatic carbocycles. The van der Waals surface area contributed by atoms with Crippen LogP contribution in [0.2, 0.25) is 0 Å². The molecular weight excluding hydrogens is 446 g/mol. The summed E-state index contributed by atoms with van der Waals surface area (Å²) >= 11 is 0. The lowest BCUT2D eigenvalue weighted by molar-refractivity contribution is 0.451. The van der Waals surface area contributed by atoms with Crippen molar-refractivity contribution in [2.24, 2.45) is 0 Å². The maximum absolute atomic E-state index is 6.48. The van der Waals surface area contributed by atoms with Gasteiger partial charge in [-0.3, -0.25) is 0 Å². The predicted octanol–water partition coefficient (Wildman–Crippen LogP) is 3.14. The van der Waals surface area contributed by atoms with E-state index in [0.717, 1.165) is 78.8 Å². The number of hydrogen-bond acceptors (Lipinski definition) is 4. The van der Waals surface area contributed by atoms with E-state index in [1.165, 1.54) is 0 Å². The molecule has 0 saturated heterocycles. The molecule has 0 aromatic heterocycles. The van der Waals surface area contributed by atoms with E-state index >= 15 is 0 Å². The highest BCUT2D eigenvalue weighted by molar-refractivity contribution is 7.01. The Morgan fingerprint density at radius 3 is 1.19 bits per heavy atom. The van der Waals surface area contributed by atoms with Gasteiger partial charge < -0.3 is 18.9 Å². The number of rotatable bonds is 0. The molecule has 0 radical (unpaired) electrons. The number of para-hydroxylation sites is 2. The van der Waals surface area contributed by atoms with E-state index in [-0.39, 0.29) is 13.4 Å². The molecule has 0 bridgehead atoms. The second kappa shape index (κ2) is 6.55. The van der Waals surface area contributed by atoms with Crippen LogP contribution in [-0.2, 0) is 0 Å². The summed E-state index contributed by atoms with van der Waals surface area (Å²) in [5.74, 6) is 6.76. The van der Waals surface area contributed by atoms with Crippen LogP contribution in [-0.4, -0.2) is 13.4 Å². The van der Waals surface area contributed by atoms with Crippen molar-refractivity contribution in [3.63, 3.8) is 0 Å². The molecule has 0 saturated carbocycles. The fraction of sp³-hybridized carbons (Fsp3) is 0. The second-order valence-corrected chi connectivity index (χ2v) is 9.61. The minimum Gasteiger partial charge on any atom is -0.458 e. The van der Waals surface area contributed by atoms with Gasteiger partial charge in [-0.05, 0) is 58.2 Å². The molecule has 5 aromatic rings. The summed E-state index contributed by atoms with van der Waals surface area (Å²) in [6, 6.07) is 33.0. The summed E-state index contributed by atoms with van der Waals surface area (Å²) in [5, 5.41) is 0. The zero-order valence-corrected chi connectivity index (χ0v) is 19.0. The van der Waals surface area contributed by atoms with Crippen LogP contribution in [0.5, 0.6) is 46.0 Å². The molecule has 9 rings (SSSR count). The van der Waals surface area contributed by atoms with Gasteiger partial charge in [-0.25, -0.2) is 0 Å². The zero-order chi connectivity index (χ0) is 23.4. The zero-order valence-electron chi connectivity index (χ0n) is 19.0. The molecule has 4 aliphatic heterocycles. The molecule has 6 heteroatoms. The number of benzene rings is 5. The van der Waals surface area contributed by atoms with Crippen molar-refractivity contribution < 1.29 is 18.9 Å². The molecule has 4 heterocycles. The van der Waals surface area contributed by atoms with Crippen LogP contribution in [0.25, 0.3) is 0 Å². The second-order valence-electron chi connectivity index (χ2n) is 9.61. The van der Waals surface area contributed by atoms with Gasteiger partial charge in [0.25, 0.3) is 13.4 Å². The van der Waals surface area contributed by atoms with E-state index in [1.807, 2.05) is 60.7 Å². The van der Waals surface area contributed by atoms with Crippen LogP contribution < -0.4 is 51.7 Å².